The molecule has 0 aromatic carbocycles. The lowest BCUT2D eigenvalue weighted by atomic mass is 10.1. The highest BCUT2D eigenvalue weighted by Crippen LogP contribution is 2.15. The normalized spacial score (nSPS) is 17.9. The van der Waals surface area contributed by atoms with Crippen LogP contribution in [0.5, 0.6) is 0 Å². The highest BCUT2D eigenvalue weighted by Gasteiger charge is 2.14. The van der Waals surface area contributed by atoms with Crippen LogP contribution in [0.25, 0.3) is 0 Å². The minimum absolute atomic E-state index is 0.0757. The van der Waals surface area contributed by atoms with Gasteiger partial charge >= 0.3 is 0 Å². The fourth-order valence-corrected chi connectivity index (χ4v) is 2.87. The SMILES string of the molecule is O=C(CCOC1CCNCC1)NCC(O)c1ccsc1. The maximum Gasteiger partial charge on any atom is 0.222 e. The van der Waals surface area contributed by atoms with Crippen molar-refractivity contribution in [2.75, 3.05) is 26.2 Å². The predicted molar refractivity (Wildman–Crippen MR) is 78.7 cm³/mol. The number of amides is 1. The number of aliphatic hydroxyl groups excluding tert-OH is 1. The number of carbonyl (C=O) groups excluding carboxylic acids is 1. The molecule has 1 unspecified atom stereocenters. The summed E-state index contributed by atoms with van der Waals surface area (Å²) in [5.74, 6) is -0.0757. The van der Waals surface area contributed by atoms with Gasteiger partial charge in [-0.05, 0) is 48.3 Å². The lowest BCUT2D eigenvalue weighted by molar-refractivity contribution is -0.123. The molecule has 2 heterocycles. The van der Waals surface area contributed by atoms with Crippen molar-refractivity contribution in [1.29, 1.82) is 0 Å². The Hall–Kier alpha value is -0.950. The molecular weight excluding hydrogens is 276 g/mol. The first-order valence-corrected chi connectivity index (χ1v) is 7.99. The summed E-state index contributed by atoms with van der Waals surface area (Å²) in [6.45, 7) is 2.68. The zero-order chi connectivity index (χ0) is 14.2. The molecule has 0 bridgehead atoms. The molecule has 0 aliphatic carbocycles. The molecule has 0 saturated carbocycles. The molecule has 3 N–H and O–H groups in total. The topological polar surface area (TPSA) is 70.6 Å². The average Bonchev–Trinajstić information content (AvgIpc) is 3.00. The first-order valence-electron chi connectivity index (χ1n) is 7.05. The molecule has 20 heavy (non-hydrogen) atoms. The number of hydrogen-bond donors (Lipinski definition) is 3. The van der Waals surface area contributed by atoms with Gasteiger partial charge in [-0.25, -0.2) is 0 Å². The second-order valence-corrected chi connectivity index (χ2v) is 5.73. The molecule has 1 atom stereocenters. The predicted octanol–water partition coefficient (Wildman–Crippen LogP) is 1.06. The van der Waals surface area contributed by atoms with Gasteiger partial charge in [0, 0.05) is 13.0 Å². The van der Waals surface area contributed by atoms with Gasteiger partial charge in [-0.3, -0.25) is 4.79 Å². The number of carbonyl (C=O) groups is 1. The lowest BCUT2D eigenvalue weighted by Crippen LogP contribution is -2.34. The van der Waals surface area contributed by atoms with Gasteiger partial charge < -0.3 is 20.5 Å². The van der Waals surface area contributed by atoms with E-state index in [1.54, 1.807) is 0 Å². The molecule has 0 spiro atoms. The summed E-state index contributed by atoms with van der Waals surface area (Å²) in [4.78, 5) is 11.6. The van der Waals surface area contributed by atoms with Crippen LogP contribution in [0, 0.1) is 0 Å². The van der Waals surface area contributed by atoms with Crippen LogP contribution in [0.3, 0.4) is 0 Å². The van der Waals surface area contributed by atoms with E-state index in [1.165, 1.54) is 11.3 Å². The van der Waals surface area contributed by atoms with Crippen molar-refractivity contribution in [3.05, 3.63) is 22.4 Å². The molecule has 6 heteroatoms. The van der Waals surface area contributed by atoms with E-state index in [-0.39, 0.29) is 18.6 Å². The Morgan fingerprint density at radius 3 is 3.05 bits per heavy atom. The van der Waals surface area contributed by atoms with Gasteiger partial charge in [0.05, 0.1) is 18.8 Å². The van der Waals surface area contributed by atoms with Crippen molar-refractivity contribution >= 4 is 17.2 Å². The Morgan fingerprint density at radius 2 is 2.35 bits per heavy atom. The van der Waals surface area contributed by atoms with E-state index in [9.17, 15) is 9.90 Å². The first kappa shape index (κ1) is 15.4. The van der Waals surface area contributed by atoms with Gasteiger partial charge in [0.25, 0.3) is 0 Å². The van der Waals surface area contributed by atoms with Gasteiger partial charge in [0.15, 0.2) is 0 Å². The third kappa shape index (κ3) is 5.20. The summed E-state index contributed by atoms with van der Waals surface area (Å²) in [7, 11) is 0. The van der Waals surface area contributed by atoms with Gasteiger partial charge in [0.1, 0.15) is 0 Å². The lowest BCUT2D eigenvalue weighted by Gasteiger charge is -2.22. The van der Waals surface area contributed by atoms with Gasteiger partial charge in [-0.2, -0.15) is 11.3 Å². The van der Waals surface area contributed by atoms with E-state index in [1.807, 2.05) is 16.8 Å². The molecule has 1 fully saturated rings. The van der Waals surface area contributed by atoms with Gasteiger partial charge in [-0.1, -0.05) is 0 Å². The molecule has 1 saturated heterocycles. The Morgan fingerprint density at radius 1 is 1.55 bits per heavy atom. The summed E-state index contributed by atoms with van der Waals surface area (Å²) >= 11 is 1.53. The van der Waals surface area contributed by atoms with Crippen molar-refractivity contribution in [2.45, 2.75) is 31.5 Å². The fourth-order valence-electron chi connectivity index (χ4n) is 2.16. The van der Waals surface area contributed by atoms with Crippen LogP contribution >= 0.6 is 11.3 Å². The van der Waals surface area contributed by atoms with Crippen molar-refractivity contribution in [2.24, 2.45) is 0 Å². The monoisotopic (exact) mass is 298 g/mol. The Bertz CT molecular complexity index is 391. The largest absolute Gasteiger partial charge is 0.387 e. The first-order chi connectivity index (χ1) is 9.75. The van der Waals surface area contributed by atoms with Crippen LogP contribution in [0.15, 0.2) is 16.8 Å². The maximum atomic E-state index is 11.6. The van der Waals surface area contributed by atoms with Crippen molar-refractivity contribution < 1.29 is 14.6 Å². The minimum Gasteiger partial charge on any atom is -0.387 e. The third-order valence-electron chi connectivity index (χ3n) is 3.39. The summed E-state index contributed by atoms with van der Waals surface area (Å²) < 4.78 is 5.67. The molecule has 1 aliphatic rings. The highest BCUT2D eigenvalue weighted by molar-refractivity contribution is 7.07. The molecule has 1 aliphatic heterocycles. The van der Waals surface area contributed by atoms with E-state index in [4.69, 9.17) is 4.74 Å². The number of thiophene rings is 1. The summed E-state index contributed by atoms with van der Waals surface area (Å²) in [5, 5.41) is 19.6. The van der Waals surface area contributed by atoms with E-state index in [0.29, 0.717) is 13.0 Å². The molecule has 2 rings (SSSR count). The van der Waals surface area contributed by atoms with E-state index in [2.05, 4.69) is 10.6 Å². The van der Waals surface area contributed by atoms with Crippen molar-refractivity contribution in [3.8, 4) is 0 Å². The third-order valence-corrected chi connectivity index (χ3v) is 4.09. The van der Waals surface area contributed by atoms with Crippen molar-refractivity contribution in [3.63, 3.8) is 0 Å². The molecule has 1 aromatic rings. The highest BCUT2D eigenvalue weighted by atomic mass is 32.1. The van der Waals surface area contributed by atoms with Gasteiger partial charge in [-0.15, -0.1) is 0 Å². The summed E-state index contributed by atoms with van der Waals surface area (Å²) in [6.07, 6.45) is 2.02. The average molecular weight is 298 g/mol. The number of rotatable bonds is 7. The van der Waals surface area contributed by atoms with E-state index < -0.39 is 6.10 Å². The van der Waals surface area contributed by atoms with Crippen molar-refractivity contribution in [1.82, 2.24) is 10.6 Å². The number of aliphatic hydroxyl groups is 1. The molecule has 112 valence electrons. The number of nitrogens with one attached hydrogen (secondary N) is 2. The number of piperidine rings is 1. The molecule has 1 aromatic heterocycles. The molecule has 5 nitrogen and oxygen atoms in total. The van der Waals surface area contributed by atoms with Crippen LogP contribution in [0.4, 0.5) is 0 Å². The van der Waals surface area contributed by atoms with Crippen LogP contribution < -0.4 is 10.6 Å². The molecular formula is C14H22N2O3S. The quantitative estimate of drug-likeness (QED) is 0.704. The molecule has 0 radical (unpaired) electrons. The fraction of sp³-hybridized carbons (Fsp3) is 0.643. The van der Waals surface area contributed by atoms with Crippen LogP contribution in [0.2, 0.25) is 0 Å². The van der Waals surface area contributed by atoms with Crippen LogP contribution in [0.1, 0.15) is 30.9 Å². The number of ether oxygens (including phenoxy) is 1. The Labute approximate surface area is 123 Å². The second kappa shape index (κ2) is 8.36. The zero-order valence-electron chi connectivity index (χ0n) is 11.5. The maximum absolute atomic E-state index is 11.6. The minimum atomic E-state index is -0.629. The standard InChI is InChI=1S/C14H22N2O3S/c17-13(11-4-8-20-10-11)9-16-14(18)3-7-19-12-1-5-15-6-2-12/h4,8,10,12-13,15,17H,1-3,5-7,9H2,(H,16,18). The second-order valence-electron chi connectivity index (χ2n) is 4.95. The molecule has 1 amide bonds. The smallest absolute Gasteiger partial charge is 0.222 e. The van der Waals surface area contributed by atoms with Crippen LogP contribution in [-0.4, -0.2) is 43.4 Å². The van der Waals surface area contributed by atoms with E-state index in [0.717, 1.165) is 31.5 Å². The zero-order valence-corrected chi connectivity index (χ0v) is 12.3. The summed E-state index contributed by atoms with van der Waals surface area (Å²) in [6, 6.07) is 1.86. The van der Waals surface area contributed by atoms with E-state index >= 15 is 0 Å². The van der Waals surface area contributed by atoms with Gasteiger partial charge in [0.2, 0.25) is 5.91 Å². The Balaban J connectivity index is 1.56. The Kier molecular flexibility index (Phi) is 6.46. The van der Waals surface area contributed by atoms with Crippen LogP contribution in [-0.2, 0) is 9.53 Å². The summed E-state index contributed by atoms with van der Waals surface area (Å²) in [5.41, 5.74) is 0.848. The number of hydrogen-bond acceptors (Lipinski definition) is 5.